The van der Waals surface area contributed by atoms with Crippen LogP contribution in [0.3, 0.4) is 0 Å². The average molecular weight is 381 g/mol. The Bertz CT molecular complexity index is 819. The molecule has 8 heteroatoms. The summed E-state index contributed by atoms with van der Waals surface area (Å²) in [6, 6.07) is 4.62. The molecule has 2 saturated carbocycles. The molecule has 132 valence electrons. The second-order valence-electron chi connectivity index (χ2n) is 6.59. The maximum Gasteiger partial charge on any atom is 0.237 e. The highest BCUT2D eigenvalue weighted by Crippen LogP contribution is 2.46. The second-order valence-corrected chi connectivity index (χ2v) is 8.31. The van der Waals surface area contributed by atoms with Crippen LogP contribution in [0.25, 0.3) is 0 Å². The van der Waals surface area contributed by atoms with Crippen molar-refractivity contribution in [1.29, 1.82) is 0 Å². The molecule has 1 N–H and O–H groups in total. The maximum absolute atomic E-state index is 13.2. The Balaban J connectivity index is 1.45. The zero-order chi connectivity index (χ0) is 17.6. The highest BCUT2D eigenvalue weighted by Gasteiger charge is 2.37. The average Bonchev–Trinajstić information content (AvgIpc) is 3.50. The molecule has 0 unspecified atom stereocenters. The van der Waals surface area contributed by atoms with Gasteiger partial charge in [0.2, 0.25) is 5.91 Å². The van der Waals surface area contributed by atoms with Crippen molar-refractivity contribution in [1.82, 2.24) is 14.8 Å². The number of halogens is 2. The summed E-state index contributed by atoms with van der Waals surface area (Å²) in [6.07, 6.45) is 4.66. The topological polar surface area (TPSA) is 59.8 Å². The Hall–Kier alpha value is -1.60. The number of anilines is 1. The lowest BCUT2D eigenvalue weighted by molar-refractivity contribution is -0.115. The molecule has 2 fully saturated rings. The number of nitrogens with zero attached hydrogens (tertiary/aromatic N) is 3. The van der Waals surface area contributed by atoms with E-state index in [4.69, 9.17) is 11.6 Å². The summed E-state index contributed by atoms with van der Waals surface area (Å²) in [6.45, 7) is 1.83. The normalized spacial score (nSPS) is 18.2. The number of rotatable bonds is 6. The van der Waals surface area contributed by atoms with E-state index in [1.807, 2.05) is 6.92 Å². The van der Waals surface area contributed by atoms with Crippen molar-refractivity contribution >= 4 is 35.0 Å². The summed E-state index contributed by atoms with van der Waals surface area (Å²) in [7, 11) is 0. The van der Waals surface area contributed by atoms with Gasteiger partial charge in [-0.05, 0) is 50.8 Å². The van der Waals surface area contributed by atoms with Crippen LogP contribution in [-0.4, -0.2) is 25.9 Å². The SMILES string of the molecule is C[C@@H](Sc1nnc(C2CC2)n1C1CC1)C(=O)Nc1ccc(F)c(Cl)c1. The van der Waals surface area contributed by atoms with Crippen molar-refractivity contribution in [3.63, 3.8) is 0 Å². The van der Waals surface area contributed by atoms with E-state index in [0.717, 1.165) is 23.8 Å². The zero-order valence-corrected chi connectivity index (χ0v) is 15.3. The lowest BCUT2D eigenvalue weighted by Crippen LogP contribution is -2.23. The lowest BCUT2D eigenvalue weighted by Gasteiger charge is -2.13. The van der Waals surface area contributed by atoms with Gasteiger partial charge in [-0.15, -0.1) is 10.2 Å². The van der Waals surface area contributed by atoms with Crippen molar-refractivity contribution < 1.29 is 9.18 Å². The molecular formula is C17H18ClFN4OS. The van der Waals surface area contributed by atoms with Crippen molar-refractivity contribution in [3.05, 3.63) is 34.9 Å². The first kappa shape index (κ1) is 16.8. The number of hydrogen-bond acceptors (Lipinski definition) is 4. The standard InChI is InChI=1S/C17H18ClFN4OS/c1-9(16(24)20-11-4-7-14(19)13(18)8-11)25-17-22-21-15(10-2-3-10)23(17)12-5-6-12/h4,7-10,12H,2-3,5-6H2,1H3,(H,20,24)/t9-/m1/s1. The molecule has 0 saturated heterocycles. The van der Waals surface area contributed by atoms with E-state index >= 15 is 0 Å². The number of amides is 1. The third-order valence-corrected chi connectivity index (χ3v) is 5.73. The summed E-state index contributed by atoms with van der Waals surface area (Å²) in [5.74, 6) is 0.925. The number of benzene rings is 1. The molecule has 0 bridgehead atoms. The Labute approximate surface area is 154 Å². The Kier molecular flexibility index (Phi) is 4.45. The number of carbonyl (C=O) groups excluding carboxylic acids is 1. The highest BCUT2D eigenvalue weighted by atomic mass is 35.5. The van der Waals surface area contributed by atoms with Crippen LogP contribution < -0.4 is 5.32 Å². The second kappa shape index (κ2) is 6.61. The minimum Gasteiger partial charge on any atom is -0.325 e. The molecule has 2 aliphatic rings. The maximum atomic E-state index is 13.2. The van der Waals surface area contributed by atoms with Crippen LogP contribution in [0, 0.1) is 5.82 Å². The molecule has 2 aromatic rings. The third kappa shape index (κ3) is 3.67. The molecule has 2 aliphatic carbocycles. The third-order valence-electron chi connectivity index (χ3n) is 4.38. The van der Waals surface area contributed by atoms with Crippen LogP contribution in [0.1, 0.15) is 50.4 Å². The van der Waals surface area contributed by atoms with Crippen LogP contribution in [0.15, 0.2) is 23.4 Å². The first-order valence-corrected chi connectivity index (χ1v) is 9.66. The van der Waals surface area contributed by atoms with E-state index in [-0.39, 0.29) is 16.2 Å². The fraction of sp³-hybridized carbons (Fsp3) is 0.471. The van der Waals surface area contributed by atoms with Crippen LogP contribution >= 0.6 is 23.4 Å². The van der Waals surface area contributed by atoms with Crippen LogP contribution in [0.4, 0.5) is 10.1 Å². The van der Waals surface area contributed by atoms with Gasteiger partial charge < -0.3 is 9.88 Å². The molecule has 4 rings (SSSR count). The van der Waals surface area contributed by atoms with E-state index in [1.165, 1.54) is 42.8 Å². The first-order chi connectivity index (χ1) is 12.0. The monoisotopic (exact) mass is 380 g/mol. The molecular weight excluding hydrogens is 363 g/mol. The van der Waals surface area contributed by atoms with Crippen LogP contribution in [0.5, 0.6) is 0 Å². The van der Waals surface area contributed by atoms with Gasteiger partial charge in [-0.25, -0.2) is 4.39 Å². The number of nitrogens with one attached hydrogen (secondary N) is 1. The molecule has 1 amide bonds. The summed E-state index contributed by atoms with van der Waals surface area (Å²) in [5.41, 5.74) is 0.478. The van der Waals surface area contributed by atoms with Gasteiger partial charge in [-0.3, -0.25) is 4.79 Å². The number of hydrogen-bond donors (Lipinski definition) is 1. The van der Waals surface area contributed by atoms with Gasteiger partial charge >= 0.3 is 0 Å². The lowest BCUT2D eigenvalue weighted by atomic mass is 10.3. The molecule has 1 aromatic carbocycles. The molecule has 1 aromatic heterocycles. The number of aromatic nitrogens is 3. The highest BCUT2D eigenvalue weighted by molar-refractivity contribution is 8.00. The summed E-state index contributed by atoms with van der Waals surface area (Å²) < 4.78 is 15.4. The summed E-state index contributed by atoms with van der Waals surface area (Å²) in [4.78, 5) is 12.4. The fourth-order valence-corrected chi connectivity index (χ4v) is 3.80. The smallest absolute Gasteiger partial charge is 0.237 e. The Morgan fingerprint density at radius 1 is 1.36 bits per heavy atom. The van der Waals surface area contributed by atoms with Gasteiger partial charge in [0.25, 0.3) is 0 Å². The van der Waals surface area contributed by atoms with Crippen molar-refractivity contribution in [3.8, 4) is 0 Å². The molecule has 25 heavy (non-hydrogen) atoms. The van der Waals surface area contributed by atoms with Crippen molar-refractivity contribution in [2.75, 3.05) is 5.32 Å². The van der Waals surface area contributed by atoms with Gasteiger partial charge in [0.1, 0.15) is 11.6 Å². The van der Waals surface area contributed by atoms with Gasteiger partial charge in [0.05, 0.1) is 10.3 Å². The molecule has 0 radical (unpaired) electrons. The van der Waals surface area contributed by atoms with E-state index in [0.29, 0.717) is 17.6 Å². The van der Waals surface area contributed by atoms with Crippen LogP contribution in [0.2, 0.25) is 5.02 Å². The Morgan fingerprint density at radius 3 is 2.76 bits per heavy atom. The predicted molar refractivity (Wildman–Crippen MR) is 95.6 cm³/mol. The minimum absolute atomic E-state index is 0.0133. The molecule has 0 spiro atoms. The zero-order valence-electron chi connectivity index (χ0n) is 13.7. The molecule has 1 heterocycles. The minimum atomic E-state index is -0.507. The quantitative estimate of drug-likeness (QED) is 0.754. The van der Waals surface area contributed by atoms with E-state index in [9.17, 15) is 9.18 Å². The van der Waals surface area contributed by atoms with E-state index in [1.54, 1.807) is 0 Å². The van der Waals surface area contributed by atoms with Gasteiger partial charge in [-0.2, -0.15) is 0 Å². The number of thioether (sulfide) groups is 1. The summed E-state index contributed by atoms with van der Waals surface area (Å²) >= 11 is 7.16. The summed E-state index contributed by atoms with van der Waals surface area (Å²) in [5, 5.41) is 11.9. The Morgan fingerprint density at radius 2 is 2.12 bits per heavy atom. The molecule has 5 nitrogen and oxygen atoms in total. The molecule has 0 aliphatic heterocycles. The molecule has 1 atom stereocenters. The van der Waals surface area contributed by atoms with Gasteiger partial charge in [0, 0.05) is 17.6 Å². The largest absolute Gasteiger partial charge is 0.325 e. The van der Waals surface area contributed by atoms with Gasteiger partial charge in [-0.1, -0.05) is 23.4 Å². The van der Waals surface area contributed by atoms with Crippen molar-refractivity contribution in [2.24, 2.45) is 0 Å². The fourth-order valence-electron chi connectivity index (χ4n) is 2.69. The van der Waals surface area contributed by atoms with Gasteiger partial charge in [0.15, 0.2) is 5.16 Å². The van der Waals surface area contributed by atoms with Crippen molar-refractivity contribution in [2.45, 2.75) is 55.0 Å². The van der Waals surface area contributed by atoms with E-state index < -0.39 is 5.82 Å². The first-order valence-electron chi connectivity index (χ1n) is 8.40. The van der Waals surface area contributed by atoms with E-state index in [2.05, 4.69) is 20.1 Å². The van der Waals surface area contributed by atoms with Crippen LogP contribution in [-0.2, 0) is 4.79 Å². The predicted octanol–water partition coefficient (Wildman–Crippen LogP) is 4.40. The number of carbonyl (C=O) groups is 1.